The molecule has 5 nitrogen and oxygen atoms in total. The van der Waals surface area contributed by atoms with Crippen molar-refractivity contribution in [2.45, 2.75) is 31.3 Å². The van der Waals surface area contributed by atoms with Crippen LogP contribution in [0.25, 0.3) is 0 Å². The first-order valence-corrected chi connectivity index (χ1v) is 9.63. The normalized spacial score (nSPS) is 19.4. The van der Waals surface area contributed by atoms with Crippen molar-refractivity contribution >= 4 is 11.7 Å². The Labute approximate surface area is 164 Å². The van der Waals surface area contributed by atoms with Crippen molar-refractivity contribution in [1.82, 2.24) is 14.5 Å². The molecule has 2 aromatic carbocycles. The number of aromatic nitrogens is 2. The molecule has 1 aliphatic heterocycles. The average Bonchev–Trinajstić information content (AvgIpc) is 3.32. The van der Waals surface area contributed by atoms with Gasteiger partial charge in [0.1, 0.15) is 0 Å². The van der Waals surface area contributed by atoms with Gasteiger partial charge in [0.15, 0.2) is 0 Å². The van der Waals surface area contributed by atoms with E-state index in [1.807, 2.05) is 59.3 Å². The maximum Gasteiger partial charge on any atom is 0.290 e. The molecular formula is C23H23N3O2. The molecule has 1 amide bonds. The van der Waals surface area contributed by atoms with Crippen molar-refractivity contribution < 1.29 is 9.59 Å². The van der Waals surface area contributed by atoms with E-state index in [0.717, 1.165) is 24.1 Å². The van der Waals surface area contributed by atoms with Crippen LogP contribution in [-0.4, -0.2) is 38.7 Å². The Morgan fingerprint density at radius 2 is 1.61 bits per heavy atom. The van der Waals surface area contributed by atoms with E-state index in [1.165, 1.54) is 0 Å². The second-order valence-corrected chi connectivity index (χ2v) is 7.16. The molecule has 1 aromatic heterocycles. The molecule has 0 saturated carbocycles. The zero-order valence-electron chi connectivity index (χ0n) is 15.6. The van der Waals surface area contributed by atoms with Crippen molar-refractivity contribution in [2.24, 2.45) is 0 Å². The second kappa shape index (κ2) is 8.21. The lowest BCUT2D eigenvalue weighted by Crippen LogP contribution is -2.37. The molecule has 0 spiro atoms. The van der Waals surface area contributed by atoms with Crippen molar-refractivity contribution in [1.29, 1.82) is 0 Å². The summed E-state index contributed by atoms with van der Waals surface area (Å²) >= 11 is 0. The summed E-state index contributed by atoms with van der Waals surface area (Å²) in [5.74, 6) is -1.07. The number of nitrogens with zero attached hydrogens (tertiary/aromatic N) is 3. The second-order valence-electron chi connectivity index (χ2n) is 7.16. The molecule has 0 aliphatic carbocycles. The summed E-state index contributed by atoms with van der Waals surface area (Å²) in [6.07, 6.45) is 6.87. The molecule has 0 radical (unpaired) electrons. The molecule has 1 aliphatic rings. The highest BCUT2D eigenvalue weighted by molar-refractivity contribution is 6.40. The summed E-state index contributed by atoms with van der Waals surface area (Å²) < 4.78 is 1.99. The Morgan fingerprint density at radius 1 is 0.893 bits per heavy atom. The number of aryl methyl sites for hydroxylation is 1. The van der Waals surface area contributed by atoms with Gasteiger partial charge < -0.3 is 9.47 Å². The molecule has 1 saturated heterocycles. The van der Waals surface area contributed by atoms with Gasteiger partial charge in [-0.25, -0.2) is 4.98 Å². The smallest absolute Gasteiger partial charge is 0.290 e. The standard InChI is InChI=1S/C23H23N3O2/c27-22-21(19-10-5-2-6-11-19)20(16-18-8-3-1-4-9-18)26(23(22)28)14-7-13-25-15-12-24-17-25/h1-6,8-12,15,17,20-21H,7,13-14,16H2. The van der Waals surface area contributed by atoms with Crippen LogP contribution >= 0.6 is 0 Å². The first-order chi connectivity index (χ1) is 13.7. The van der Waals surface area contributed by atoms with Crippen LogP contribution in [0.5, 0.6) is 0 Å². The van der Waals surface area contributed by atoms with Gasteiger partial charge in [-0.2, -0.15) is 0 Å². The number of likely N-dealkylation sites (tertiary alicyclic amines) is 1. The van der Waals surface area contributed by atoms with Gasteiger partial charge in [0.2, 0.25) is 5.78 Å². The number of ketones is 1. The molecule has 0 N–H and O–H groups in total. The van der Waals surface area contributed by atoms with Gasteiger partial charge in [-0.15, -0.1) is 0 Å². The summed E-state index contributed by atoms with van der Waals surface area (Å²) in [5.41, 5.74) is 2.05. The van der Waals surface area contributed by atoms with Crippen LogP contribution in [-0.2, 0) is 22.6 Å². The number of imidazole rings is 1. The molecule has 0 bridgehead atoms. The van der Waals surface area contributed by atoms with Crippen molar-refractivity contribution in [3.63, 3.8) is 0 Å². The summed E-state index contributed by atoms with van der Waals surface area (Å²) in [7, 11) is 0. The number of carbonyl (C=O) groups is 2. The molecule has 2 heterocycles. The minimum absolute atomic E-state index is 0.160. The van der Waals surface area contributed by atoms with Crippen LogP contribution in [0.2, 0.25) is 0 Å². The molecule has 28 heavy (non-hydrogen) atoms. The van der Waals surface area contributed by atoms with Gasteiger partial charge in [0.25, 0.3) is 5.91 Å². The lowest BCUT2D eigenvalue weighted by atomic mass is 9.87. The maximum atomic E-state index is 12.9. The van der Waals surface area contributed by atoms with E-state index in [0.29, 0.717) is 13.0 Å². The van der Waals surface area contributed by atoms with Crippen LogP contribution in [0.15, 0.2) is 79.4 Å². The maximum absolute atomic E-state index is 12.9. The highest BCUT2D eigenvalue weighted by Crippen LogP contribution is 2.34. The van der Waals surface area contributed by atoms with E-state index < -0.39 is 5.92 Å². The molecule has 2 atom stereocenters. The Morgan fingerprint density at radius 3 is 2.29 bits per heavy atom. The Hall–Kier alpha value is -3.21. The Bertz CT molecular complexity index is 923. The van der Waals surface area contributed by atoms with Crippen molar-refractivity contribution in [3.8, 4) is 0 Å². The minimum Gasteiger partial charge on any atom is -0.337 e. The fourth-order valence-electron chi connectivity index (χ4n) is 4.01. The van der Waals surface area contributed by atoms with Gasteiger partial charge in [-0.05, 0) is 24.0 Å². The quantitative estimate of drug-likeness (QED) is 0.598. The van der Waals surface area contributed by atoms with Crippen molar-refractivity contribution in [3.05, 3.63) is 90.5 Å². The summed E-state index contributed by atoms with van der Waals surface area (Å²) in [5, 5.41) is 0. The number of amides is 1. The molecule has 3 aromatic rings. The van der Waals surface area contributed by atoms with Gasteiger partial charge >= 0.3 is 0 Å². The average molecular weight is 373 g/mol. The number of hydrogen-bond donors (Lipinski definition) is 0. The lowest BCUT2D eigenvalue weighted by molar-refractivity contribution is -0.140. The first kappa shape index (κ1) is 18.2. The number of carbonyl (C=O) groups excluding carboxylic acids is 2. The SMILES string of the molecule is O=C1C(=O)N(CCCn2ccnc2)C(Cc2ccccc2)C1c1ccccc1. The van der Waals surface area contributed by atoms with Crippen molar-refractivity contribution in [2.75, 3.05) is 6.54 Å². The van der Waals surface area contributed by atoms with E-state index in [2.05, 4.69) is 17.1 Å². The minimum atomic E-state index is -0.415. The van der Waals surface area contributed by atoms with Gasteiger partial charge in [0.05, 0.1) is 18.3 Å². The summed E-state index contributed by atoms with van der Waals surface area (Å²) in [4.78, 5) is 31.6. The van der Waals surface area contributed by atoms with Gasteiger partial charge in [-0.1, -0.05) is 60.7 Å². The van der Waals surface area contributed by atoms with E-state index >= 15 is 0 Å². The fourth-order valence-corrected chi connectivity index (χ4v) is 4.01. The highest BCUT2D eigenvalue weighted by Gasteiger charge is 2.47. The zero-order valence-corrected chi connectivity index (χ0v) is 15.6. The largest absolute Gasteiger partial charge is 0.337 e. The fraction of sp³-hybridized carbons (Fsp3) is 0.261. The zero-order chi connectivity index (χ0) is 19.3. The lowest BCUT2D eigenvalue weighted by Gasteiger charge is -2.27. The number of Topliss-reactive ketones (excluding diaryl/α,β-unsaturated/α-hetero) is 1. The third kappa shape index (κ3) is 3.74. The van der Waals surface area contributed by atoms with Crippen LogP contribution in [0, 0.1) is 0 Å². The monoisotopic (exact) mass is 373 g/mol. The number of rotatable bonds is 7. The highest BCUT2D eigenvalue weighted by atomic mass is 16.2. The van der Waals surface area contributed by atoms with Crippen LogP contribution in [0.3, 0.4) is 0 Å². The predicted octanol–water partition coefficient (Wildman–Crippen LogP) is 3.08. The number of benzene rings is 2. The summed E-state index contributed by atoms with van der Waals surface area (Å²) in [6.45, 7) is 1.33. The number of hydrogen-bond acceptors (Lipinski definition) is 3. The van der Waals surface area contributed by atoms with Gasteiger partial charge in [0, 0.05) is 25.5 Å². The molecule has 142 valence electrons. The van der Waals surface area contributed by atoms with Crippen LogP contribution < -0.4 is 0 Å². The molecular weight excluding hydrogens is 350 g/mol. The Kier molecular flexibility index (Phi) is 5.33. The summed E-state index contributed by atoms with van der Waals surface area (Å²) in [6, 6.07) is 19.6. The molecule has 5 heteroatoms. The third-order valence-corrected chi connectivity index (χ3v) is 5.36. The third-order valence-electron chi connectivity index (χ3n) is 5.36. The van der Waals surface area contributed by atoms with E-state index in [9.17, 15) is 9.59 Å². The topological polar surface area (TPSA) is 55.2 Å². The van der Waals surface area contributed by atoms with E-state index in [1.54, 1.807) is 17.4 Å². The first-order valence-electron chi connectivity index (χ1n) is 9.63. The molecule has 2 unspecified atom stereocenters. The van der Waals surface area contributed by atoms with E-state index in [-0.39, 0.29) is 17.7 Å². The Balaban J connectivity index is 1.58. The molecule has 1 fully saturated rings. The molecule has 4 rings (SSSR count). The predicted molar refractivity (Wildman–Crippen MR) is 107 cm³/mol. The van der Waals surface area contributed by atoms with E-state index in [4.69, 9.17) is 0 Å². The van der Waals surface area contributed by atoms with Crippen LogP contribution in [0.4, 0.5) is 0 Å². The van der Waals surface area contributed by atoms with Gasteiger partial charge in [-0.3, -0.25) is 9.59 Å². The van der Waals surface area contributed by atoms with Crippen LogP contribution in [0.1, 0.15) is 23.5 Å².